The predicted octanol–water partition coefficient (Wildman–Crippen LogP) is 4.84. The van der Waals surface area contributed by atoms with Gasteiger partial charge in [-0.2, -0.15) is 0 Å². The third-order valence-corrected chi connectivity index (χ3v) is 10.7. The van der Waals surface area contributed by atoms with Gasteiger partial charge in [0.1, 0.15) is 17.8 Å². The van der Waals surface area contributed by atoms with Gasteiger partial charge in [0.15, 0.2) is 5.78 Å². The number of carbonyl (C=O) groups excluding carboxylic acids is 1. The number of carbonyl (C=O) groups is 1. The van der Waals surface area contributed by atoms with Crippen molar-refractivity contribution in [2.45, 2.75) is 104 Å². The number of allylic oxidation sites excluding steroid dienone is 3. The number of hydrogen-bond acceptors (Lipinski definition) is 4. The Morgan fingerprint density at radius 1 is 1.06 bits per heavy atom. The molecule has 32 heavy (non-hydrogen) atoms. The van der Waals surface area contributed by atoms with Crippen LogP contribution in [0.15, 0.2) is 23.3 Å². The molecule has 5 rings (SSSR count). The summed E-state index contributed by atoms with van der Waals surface area (Å²) in [7, 11) is 0. The molecule has 0 radical (unpaired) electrons. The van der Waals surface area contributed by atoms with Gasteiger partial charge in [0.2, 0.25) is 0 Å². The largest absolute Gasteiger partial charge is 0.393 e. The molecule has 0 bridgehead atoms. The summed E-state index contributed by atoms with van der Waals surface area (Å²) < 4.78 is 6.26. The molecule has 2 N–H and O–H groups in total. The molecule has 3 saturated carbocycles. The topological polar surface area (TPSA) is 70.1 Å². The average Bonchev–Trinajstić information content (AvgIpc) is 3.39. The highest BCUT2D eigenvalue weighted by Crippen LogP contribution is 2.72. The lowest BCUT2D eigenvalue weighted by atomic mass is 9.48. The molecule has 1 saturated heterocycles. The first kappa shape index (κ1) is 22.8. The van der Waals surface area contributed by atoms with Crippen LogP contribution in [0.4, 0.5) is 0 Å². The molecule has 0 aromatic carbocycles. The maximum absolute atomic E-state index is 13.5. The minimum atomic E-state index is -0.706. The highest BCUT2D eigenvalue weighted by atomic mass is 16.6. The number of aliphatic hydroxyl groups is 2. The molecule has 4 nitrogen and oxygen atoms in total. The Kier molecular flexibility index (Phi) is 5.18. The van der Waals surface area contributed by atoms with Crippen molar-refractivity contribution in [3.8, 4) is 0 Å². The van der Waals surface area contributed by atoms with E-state index in [9.17, 15) is 15.0 Å². The number of ketones is 1. The van der Waals surface area contributed by atoms with Crippen LogP contribution < -0.4 is 0 Å². The molecule has 0 amide bonds. The first-order valence-corrected chi connectivity index (χ1v) is 13.0. The first-order chi connectivity index (χ1) is 15.0. The van der Waals surface area contributed by atoms with E-state index in [1.807, 2.05) is 0 Å². The smallest absolute Gasteiger partial charge is 0.159 e. The zero-order valence-corrected chi connectivity index (χ0v) is 20.7. The molecule has 4 aliphatic carbocycles. The van der Waals surface area contributed by atoms with Crippen molar-refractivity contribution in [1.82, 2.24) is 0 Å². The normalized spacial score (nSPS) is 49.5. The van der Waals surface area contributed by atoms with Gasteiger partial charge in [-0.15, -0.1) is 0 Å². The van der Waals surface area contributed by atoms with Gasteiger partial charge in [-0.1, -0.05) is 53.7 Å². The van der Waals surface area contributed by atoms with E-state index < -0.39 is 11.7 Å². The van der Waals surface area contributed by atoms with Crippen LogP contribution in [0.25, 0.3) is 0 Å². The highest BCUT2D eigenvalue weighted by molar-refractivity contribution is 6.01. The van der Waals surface area contributed by atoms with Crippen LogP contribution in [-0.2, 0) is 9.53 Å². The van der Waals surface area contributed by atoms with Crippen LogP contribution >= 0.6 is 0 Å². The third kappa shape index (κ3) is 2.88. The monoisotopic (exact) mass is 442 g/mol. The fraction of sp³-hybridized carbons (Fsp3) is 0.821. The van der Waals surface area contributed by atoms with E-state index in [0.717, 1.165) is 36.8 Å². The predicted molar refractivity (Wildman–Crippen MR) is 125 cm³/mol. The molecule has 1 spiro atoms. The molecular weight excluding hydrogens is 400 g/mol. The summed E-state index contributed by atoms with van der Waals surface area (Å²) in [5.74, 6) is 2.18. The zero-order chi connectivity index (χ0) is 23.2. The van der Waals surface area contributed by atoms with E-state index in [1.54, 1.807) is 0 Å². The van der Waals surface area contributed by atoms with Gasteiger partial charge >= 0.3 is 0 Å². The van der Waals surface area contributed by atoms with E-state index >= 15 is 0 Å². The second-order valence-electron chi connectivity index (χ2n) is 12.6. The second kappa shape index (κ2) is 7.26. The molecule has 4 fully saturated rings. The van der Waals surface area contributed by atoms with Crippen molar-refractivity contribution in [2.75, 3.05) is 0 Å². The van der Waals surface area contributed by atoms with Crippen molar-refractivity contribution in [1.29, 1.82) is 0 Å². The van der Waals surface area contributed by atoms with Gasteiger partial charge in [0.05, 0.1) is 6.10 Å². The summed E-state index contributed by atoms with van der Waals surface area (Å²) in [6, 6.07) is 0. The summed E-state index contributed by atoms with van der Waals surface area (Å²) in [6.07, 6.45) is 8.24. The Hall–Kier alpha value is -0.970. The second-order valence-corrected chi connectivity index (χ2v) is 12.6. The van der Waals surface area contributed by atoms with Gasteiger partial charge < -0.3 is 14.9 Å². The number of ether oxygens (including phenoxy) is 1. The third-order valence-electron chi connectivity index (χ3n) is 10.7. The molecule has 0 unspecified atom stereocenters. The highest BCUT2D eigenvalue weighted by Gasteiger charge is 2.77. The number of Topliss-reactive ketones (excluding diaryl/α,β-unsaturated/α-hetero) is 1. The summed E-state index contributed by atoms with van der Waals surface area (Å²) >= 11 is 0. The number of rotatable bonds is 4. The van der Waals surface area contributed by atoms with Crippen LogP contribution in [-0.4, -0.2) is 39.9 Å². The summed E-state index contributed by atoms with van der Waals surface area (Å²) in [5.41, 5.74) is 1.27. The van der Waals surface area contributed by atoms with Gasteiger partial charge in [-0.05, 0) is 66.3 Å². The van der Waals surface area contributed by atoms with Gasteiger partial charge in [0.25, 0.3) is 0 Å². The first-order valence-electron chi connectivity index (χ1n) is 13.0. The van der Waals surface area contributed by atoms with Crippen LogP contribution in [0, 0.1) is 40.4 Å². The average molecular weight is 443 g/mol. The summed E-state index contributed by atoms with van der Waals surface area (Å²) in [4.78, 5) is 13.5. The summed E-state index contributed by atoms with van der Waals surface area (Å²) in [6.45, 7) is 13.6. The lowest BCUT2D eigenvalue weighted by Crippen LogP contribution is -2.58. The fourth-order valence-electron chi connectivity index (χ4n) is 8.23. The zero-order valence-electron chi connectivity index (χ0n) is 20.7. The number of epoxide rings is 1. The van der Waals surface area contributed by atoms with E-state index in [4.69, 9.17) is 4.74 Å². The molecule has 178 valence electrons. The molecule has 0 aromatic rings. The minimum absolute atomic E-state index is 0.101. The van der Waals surface area contributed by atoms with Crippen molar-refractivity contribution >= 4 is 5.78 Å². The quantitative estimate of drug-likeness (QED) is 0.483. The van der Waals surface area contributed by atoms with Gasteiger partial charge in [-0.25, -0.2) is 0 Å². The number of hydrogen-bond donors (Lipinski definition) is 2. The van der Waals surface area contributed by atoms with Crippen molar-refractivity contribution in [3.63, 3.8) is 0 Å². The van der Waals surface area contributed by atoms with Crippen LogP contribution in [0.2, 0.25) is 0 Å². The Bertz CT molecular complexity index is 873. The van der Waals surface area contributed by atoms with E-state index in [2.05, 4.69) is 53.7 Å². The Morgan fingerprint density at radius 2 is 1.78 bits per heavy atom. The molecule has 4 heteroatoms. The van der Waals surface area contributed by atoms with Crippen molar-refractivity contribution in [2.24, 2.45) is 40.4 Å². The van der Waals surface area contributed by atoms with Gasteiger partial charge in [0, 0.05) is 23.8 Å². The lowest BCUT2D eigenvalue weighted by Gasteiger charge is -2.55. The SMILES string of the molecule is CC(C)[C@@H](C)/C=C/[C@@H](C)[C@H]1CC(=O)C2=C3[C@H](O)[C@H]4O[C@]45C[C@@H](O)CC[C@]5(C)[C@H]3CC[C@@]21C. The standard InChI is InChI=1S/C28H42O4/c1-15(2)16(3)7-8-17(4)20-13-21(30)23-22-19(10-11-26(20,23)5)27(6)12-9-18(29)14-28(27)25(32-28)24(22)31/h7-8,15-20,24-25,29,31H,9-14H2,1-6H3/b8-7+/t16-,17+,18-,19-,20+,24-,25+,26+,27+,28+/m0/s1. The number of fused-ring (bicyclic) bond motifs is 3. The molecule has 5 aliphatic rings. The Morgan fingerprint density at radius 3 is 2.47 bits per heavy atom. The minimum Gasteiger partial charge on any atom is -0.393 e. The van der Waals surface area contributed by atoms with Crippen LogP contribution in [0.3, 0.4) is 0 Å². The molecule has 1 aliphatic heterocycles. The molecule has 1 heterocycles. The van der Waals surface area contributed by atoms with E-state index in [1.165, 1.54) is 0 Å². The van der Waals surface area contributed by atoms with Crippen LogP contribution in [0.5, 0.6) is 0 Å². The van der Waals surface area contributed by atoms with Crippen LogP contribution in [0.1, 0.15) is 80.1 Å². The Labute approximate surface area is 193 Å². The fourth-order valence-corrected chi connectivity index (χ4v) is 8.23. The lowest BCUT2D eigenvalue weighted by molar-refractivity contribution is -0.115. The number of aliphatic hydroxyl groups excluding tert-OH is 2. The van der Waals surface area contributed by atoms with E-state index in [-0.39, 0.29) is 40.7 Å². The maximum Gasteiger partial charge on any atom is 0.159 e. The van der Waals surface area contributed by atoms with E-state index in [0.29, 0.717) is 30.6 Å². The van der Waals surface area contributed by atoms with Crippen molar-refractivity contribution in [3.05, 3.63) is 23.3 Å². The molecule has 0 aromatic heterocycles. The molecule has 10 atom stereocenters. The van der Waals surface area contributed by atoms with Gasteiger partial charge in [-0.3, -0.25) is 4.79 Å². The summed E-state index contributed by atoms with van der Waals surface area (Å²) in [5, 5.41) is 21.8. The van der Waals surface area contributed by atoms with Crippen molar-refractivity contribution < 1.29 is 19.7 Å². The molecular formula is C28H42O4. The Balaban J connectivity index is 1.52. The maximum atomic E-state index is 13.5.